The Morgan fingerprint density at radius 1 is 1.43 bits per heavy atom. The molecule has 0 fully saturated rings. The van der Waals surface area contributed by atoms with E-state index in [-0.39, 0.29) is 22.8 Å². The van der Waals surface area contributed by atoms with Crippen LogP contribution in [0.1, 0.15) is 19.4 Å². The molecule has 0 saturated carbocycles. The molecule has 0 aliphatic carbocycles. The van der Waals surface area contributed by atoms with Crippen LogP contribution in [0.3, 0.4) is 0 Å². The molecule has 1 aromatic carbocycles. The number of aliphatic carboxylic acids is 1. The van der Waals surface area contributed by atoms with Crippen molar-refractivity contribution < 1.29 is 19.6 Å². The van der Waals surface area contributed by atoms with Crippen LogP contribution in [0.4, 0.5) is 10.5 Å². The summed E-state index contributed by atoms with van der Waals surface area (Å²) in [5, 5.41) is 24.6. The standard InChI is InChI=1S/C12H14ClN3O5/c1-12(2,10(17)18)15-11(19)14-6-7-3-4-8(13)5-9(7)16(20)21/h3-5H,6H2,1-2H3,(H,17,18)(H2,14,15,19). The largest absolute Gasteiger partial charge is 0.480 e. The van der Waals surface area contributed by atoms with Crippen molar-refractivity contribution in [1.29, 1.82) is 0 Å². The molecule has 0 saturated heterocycles. The maximum absolute atomic E-state index is 11.6. The summed E-state index contributed by atoms with van der Waals surface area (Å²) in [6.07, 6.45) is 0. The summed E-state index contributed by atoms with van der Waals surface area (Å²) in [7, 11) is 0. The lowest BCUT2D eigenvalue weighted by atomic mass is 10.1. The summed E-state index contributed by atoms with van der Waals surface area (Å²) in [6.45, 7) is 2.51. The quantitative estimate of drug-likeness (QED) is 0.566. The zero-order chi connectivity index (χ0) is 16.2. The van der Waals surface area contributed by atoms with E-state index in [1.807, 2.05) is 0 Å². The second kappa shape index (κ2) is 6.40. The van der Waals surface area contributed by atoms with Crippen molar-refractivity contribution in [3.8, 4) is 0 Å². The first-order valence-corrected chi connectivity index (χ1v) is 6.23. The van der Waals surface area contributed by atoms with Crippen molar-refractivity contribution in [2.75, 3.05) is 0 Å². The average molecular weight is 316 g/mol. The fourth-order valence-electron chi connectivity index (χ4n) is 1.41. The minimum atomic E-state index is -1.45. The molecular formula is C12H14ClN3O5. The Balaban J connectivity index is 2.74. The Labute approximate surface area is 125 Å². The smallest absolute Gasteiger partial charge is 0.328 e. The number of hydrogen-bond donors (Lipinski definition) is 3. The maximum atomic E-state index is 11.6. The molecule has 0 radical (unpaired) electrons. The summed E-state index contributed by atoms with van der Waals surface area (Å²) in [5.41, 5.74) is -1.41. The summed E-state index contributed by atoms with van der Waals surface area (Å²) < 4.78 is 0. The van der Waals surface area contributed by atoms with E-state index >= 15 is 0 Å². The van der Waals surface area contributed by atoms with Gasteiger partial charge in [0.2, 0.25) is 0 Å². The fraction of sp³-hybridized carbons (Fsp3) is 0.333. The van der Waals surface area contributed by atoms with Gasteiger partial charge in [-0.2, -0.15) is 0 Å². The number of carbonyl (C=O) groups excluding carboxylic acids is 1. The van der Waals surface area contributed by atoms with Crippen molar-refractivity contribution in [3.63, 3.8) is 0 Å². The van der Waals surface area contributed by atoms with Crippen LogP contribution in [0.2, 0.25) is 5.02 Å². The van der Waals surface area contributed by atoms with E-state index in [1.165, 1.54) is 32.0 Å². The summed E-state index contributed by atoms with van der Waals surface area (Å²) in [6, 6.07) is 3.32. The molecule has 0 spiro atoms. The second-order valence-corrected chi connectivity index (χ2v) is 5.20. The zero-order valence-corrected chi connectivity index (χ0v) is 12.1. The van der Waals surface area contributed by atoms with E-state index in [0.29, 0.717) is 0 Å². The molecule has 1 rings (SSSR count). The van der Waals surface area contributed by atoms with Crippen LogP contribution in [0.25, 0.3) is 0 Å². The van der Waals surface area contributed by atoms with Gasteiger partial charge in [0.1, 0.15) is 5.54 Å². The molecule has 8 nitrogen and oxygen atoms in total. The van der Waals surface area contributed by atoms with E-state index < -0.39 is 22.5 Å². The summed E-state index contributed by atoms with van der Waals surface area (Å²) in [5.74, 6) is -1.20. The fourth-order valence-corrected chi connectivity index (χ4v) is 1.58. The predicted molar refractivity (Wildman–Crippen MR) is 75.2 cm³/mol. The SMILES string of the molecule is CC(C)(NC(=O)NCc1ccc(Cl)cc1[N+](=O)[O-])C(=O)O. The Kier molecular flexibility index (Phi) is 5.09. The number of nitrogens with zero attached hydrogens (tertiary/aromatic N) is 1. The zero-order valence-electron chi connectivity index (χ0n) is 11.3. The van der Waals surface area contributed by atoms with Gasteiger partial charge in [-0.25, -0.2) is 9.59 Å². The lowest BCUT2D eigenvalue weighted by molar-refractivity contribution is -0.385. The Morgan fingerprint density at radius 2 is 2.05 bits per heavy atom. The highest BCUT2D eigenvalue weighted by molar-refractivity contribution is 6.30. The third kappa shape index (κ3) is 4.60. The van der Waals surface area contributed by atoms with Gasteiger partial charge in [0.15, 0.2) is 0 Å². The molecule has 0 aliphatic rings. The van der Waals surface area contributed by atoms with Gasteiger partial charge >= 0.3 is 12.0 Å². The van der Waals surface area contributed by atoms with Crippen LogP contribution in [0.15, 0.2) is 18.2 Å². The number of nitro benzene ring substituents is 1. The Bertz CT molecular complexity index is 588. The number of carboxylic acid groups (broad SMARTS) is 1. The monoisotopic (exact) mass is 315 g/mol. The van der Waals surface area contributed by atoms with E-state index in [4.69, 9.17) is 16.7 Å². The van der Waals surface area contributed by atoms with Gasteiger partial charge in [-0.1, -0.05) is 11.6 Å². The van der Waals surface area contributed by atoms with Crippen LogP contribution in [0, 0.1) is 10.1 Å². The number of amides is 2. The van der Waals surface area contributed by atoms with Gasteiger partial charge in [-0.15, -0.1) is 0 Å². The molecule has 0 unspecified atom stereocenters. The van der Waals surface area contributed by atoms with Crippen molar-refractivity contribution in [3.05, 3.63) is 38.9 Å². The van der Waals surface area contributed by atoms with E-state index in [0.717, 1.165) is 0 Å². The van der Waals surface area contributed by atoms with Crippen LogP contribution in [-0.4, -0.2) is 27.6 Å². The predicted octanol–water partition coefficient (Wildman–Crippen LogP) is 1.91. The Hall–Kier alpha value is -2.35. The van der Waals surface area contributed by atoms with Crippen LogP contribution >= 0.6 is 11.6 Å². The number of rotatable bonds is 5. The highest BCUT2D eigenvalue weighted by atomic mass is 35.5. The second-order valence-electron chi connectivity index (χ2n) is 4.77. The van der Waals surface area contributed by atoms with Gasteiger partial charge in [-0.05, 0) is 26.0 Å². The highest BCUT2D eigenvalue weighted by Gasteiger charge is 2.29. The lowest BCUT2D eigenvalue weighted by Crippen LogP contribution is -2.53. The molecule has 1 aromatic rings. The minimum absolute atomic E-state index is 0.130. The third-order valence-electron chi connectivity index (χ3n) is 2.64. The molecule has 9 heteroatoms. The summed E-state index contributed by atoms with van der Waals surface area (Å²) >= 11 is 5.68. The van der Waals surface area contributed by atoms with E-state index in [2.05, 4.69) is 10.6 Å². The molecule has 0 aromatic heterocycles. The number of urea groups is 1. The molecule has 21 heavy (non-hydrogen) atoms. The number of carbonyl (C=O) groups is 2. The number of hydrogen-bond acceptors (Lipinski definition) is 4. The van der Waals surface area contributed by atoms with Crippen molar-refractivity contribution >= 4 is 29.3 Å². The third-order valence-corrected chi connectivity index (χ3v) is 2.88. The summed E-state index contributed by atoms with van der Waals surface area (Å²) in [4.78, 5) is 32.7. The molecule has 0 aliphatic heterocycles. The van der Waals surface area contributed by atoms with Gasteiger partial charge in [-0.3, -0.25) is 10.1 Å². The molecule has 2 amide bonds. The normalized spacial score (nSPS) is 10.8. The van der Waals surface area contributed by atoms with Gasteiger partial charge < -0.3 is 15.7 Å². The maximum Gasteiger partial charge on any atom is 0.328 e. The molecule has 0 bridgehead atoms. The number of halogens is 1. The van der Waals surface area contributed by atoms with Crippen LogP contribution in [-0.2, 0) is 11.3 Å². The van der Waals surface area contributed by atoms with Crippen molar-refractivity contribution in [2.45, 2.75) is 25.9 Å². The minimum Gasteiger partial charge on any atom is -0.480 e. The Morgan fingerprint density at radius 3 is 2.57 bits per heavy atom. The first-order chi connectivity index (χ1) is 9.63. The molecule has 3 N–H and O–H groups in total. The van der Waals surface area contributed by atoms with Gasteiger partial charge in [0.25, 0.3) is 5.69 Å². The molecule has 0 atom stereocenters. The number of nitro groups is 1. The first-order valence-electron chi connectivity index (χ1n) is 5.85. The molecule has 0 heterocycles. The van der Waals surface area contributed by atoms with E-state index in [9.17, 15) is 19.7 Å². The van der Waals surface area contributed by atoms with Gasteiger partial charge in [0.05, 0.1) is 11.5 Å². The van der Waals surface area contributed by atoms with Crippen LogP contribution < -0.4 is 10.6 Å². The number of benzene rings is 1. The molecule has 114 valence electrons. The number of carboxylic acids is 1. The van der Waals surface area contributed by atoms with E-state index in [1.54, 1.807) is 0 Å². The lowest BCUT2D eigenvalue weighted by Gasteiger charge is -2.21. The average Bonchev–Trinajstić information content (AvgIpc) is 2.36. The van der Waals surface area contributed by atoms with Crippen molar-refractivity contribution in [2.24, 2.45) is 0 Å². The topological polar surface area (TPSA) is 122 Å². The number of nitrogens with one attached hydrogen (secondary N) is 2. The van der Waals surface area contributed by atoms with Crippen molar-refractivity contribution in [1.82, 2.24) is 10.6 Å². The van der Waals surface area contributed by atoms with Crippen LogP contribution in [0.5, 0.6) is 0 Å². The first kappa shape index (κ1) is 16.7. The molecular weight excluding hydrogens is 302 g/mol. The van der Waals surface area contributed by atoms with Gasteiger partial charge in [0, 0.05) is 16.7 Å². The highest BCUT2D eigenvalue weighted by Crippen LogP contribution is 2.22.